The van der Waals surface area contributed by atoms with E-state index in [9.17, 15) is 0 Å². The standard InChI is InChI=1S/C14H23N/c1-10(2)14-8-11(3)12(4)13(9-14)6-7-15-5/h8-10,15H,6-7H2,1-5H3. The van der Waals surface area contributed by atoms with Crippen molar-refractivity contribution in [1.29, 1.82) is 0 Å². The molecule has 0 heterocycles. The molecule has 0 radical (unpaired) electrons. The number of hydrogen-bond acceptors (Lipinski definition) is 1. The van der Waals surface area contributed by atoms with E-state index in [2.05, 4.69) is 45.1 Å². The van der Waals surface area contributed by atoms with Crippen molar-refractivity contribution >= 4 is 0 Å². The molecule has 0 aliphatic heterocycles. The highest BCUT2D eigenvalue weighted by molar-refractivity contribution is 5.39. The highest BCUT2D eigenvalue weighted by Crippen LogP contribution is 2.22. The molecule has 84 valence electrons. The van der Waals surface area contributed by atoms with E-state index in [-0.39, 0.29) is 0 Å². The third-order valence-electron chi connectivity index (χ3n) is 3.11. The Hall–Kier alpha value is -0.820. The average Bonchev–Trinajstić information content (AvgIpc) is 2.19. The summed E-state index contributed by atoms with van der Waals surface area (Å²) in [6.07, 6.45) is 1.13. The molecule has 0 spiro atoms. The molecule has 15 heavy (non-hydrogen) atoms. The van der Waals surface area contributed by atoms with Gasteiger partial charge in [0.25, 0.3) is 0 Å². The Morgan fingerprint density at radius 3 is 2.40 bits per heavy atom. The molecule has 0 aliphatic rings. The topological polar surface area (TPSA) is 12.0 Å². The molecule has 0 saturated carbocycles. The highest BCUT2D eigenvalue weighted by Gasteiger charge is 2.06. The second-order valence-electron chi connectivity index (χ2n) is 4.63. The summed E-state index contributed by atoms with van der Waals surface area (Å²) in [7, 11) is 2.01. The lowest BCUT2D eigenvalue weighted by Crippen LogP contribution is -2.11. The Kier molecular flexibility index (Phi) is 4.34. The molecule has 0 saturated heterocycles. The van der Waals surface area contributed by atoms with Crippen LogP contribution in [0.2, 0.25) is 0 Å². The number of aryl methyl sites for hydroxylation is 1. The van der Waals surface area contributed by atoms with E-state index in [0.29, 0.717) is 5.92 Å². The quantitative estimate of drug-likeness (QED) is 0.796. The van der Waals surface area contributed by atoms with Crippen molar-refractivity contribution in [3.05, 3.63) is 34.4 Å². The zero-order chi connectivity index (χ0) is 11.4. The van der Waals surface area contributed by atoms with Crippen LogP contribution in [0.4, 0.5) is 0 Å². The first-order chi connectivity index (χ1) is 7.06. The molecule has 0 unspecified atom stereocenters. The lowest BCUT2D eigenvalue weighted by Gasteiger charge is -2.14. The normalized spacial score (nSPS) is 11.1. The lowest BCUT2D eigenvalue weighted by atomic mass is 9.93. The summed E-state index contributed by atoms with van der Waals surface area (Å²) in [4.78, 5) is 0. The van der Waals surface area contributed by atoms with Gasteiger partial charge in [-0.05, 0) is 62.0 Å². The third-order valence-corrected chi connectivity index (χ3v) is 3.11. The molecule has 1 aromatic carbocycles. The number of rotatable bonds is 4. The van der Waals surface area contributed by atoms with Gasteiger partial charge in [0.1, 0.15) is 0 Å². The van der Waals surface area contributed by atoms with Crippen LogP contribution in [0, 0.1) is 13.8 Å². The fourth-order valence-electron chi connectivity index (χ4n) is 1.82. The minimum absolute atomic E-state index is 0.623. The molecule has 1 rings (SSSR count). The summed E-state index contributed by atoms with van der Waals surface area (Å²) >= 11 is 0. The third kappa shape index (κ3) is 3.07. The summed E-state index contributed by atoms with van der Waals surface area (Å²) in [6.45, 7) is 10.0. The number of benzene rings is 1. The summed E-state index contributed by atoms with van der Waals surface area (Å²) < 4.78 is 0. The molecule has 0 fully saturated rings. The monoisotopic (exact) mass is 205 g/mol. The van der Waals surface area contributed by atoms with Gasteiger partial charge in [0.2, 0.25) is 0 Å². The number of likely N-dealkylation sites (N-methyl/N-ethyl adjacent to an activating group) is 1. The predicted octanol–water partition coefficient (Wildman–Crippen LogP) is 3.19. The van der Waals surface area contributed by atoms with E-state index in [4.69, 9.17) is 0 Å². The van der Waals surface area contributed by atoms with Crippen LogP contribution >= 0.6 is 0 Å². The van der Waals surface area contributed by atoms with Crippen LogP contribution in [-0.4, -0.2) is 13.6 Å². The van der Waals surface area contributed by atoms with Gasteiger partial charge in [-0.25, -0.2) is 0 Å². The van der Waals surface area contributed by atoms with Crippen molar-refractivity contribution in [2.24, 2.45) is 0 Å². The summed E-state index contributed by atoms with van der Waals surface area (Å²) in [5.74, 6) is 0.623. The predicted molar refractivity (Wildman–Crippen MR) is 67.6 cm³/mol. The van der Waals surface area contributed by atoms with Crippen LogP contribution < -0.4 is 5.32 Å². The second kappa shape index (κ2) is 5.32. The van der Waals surface area contributed by atoms with Crippen LogP contribution in [0.5, 0.6) is 0 Å². The minimum atomic E-state index is 0.623. The summed E-state index contributed by atoms with van der Waals surface area (Å²) in [6, 6.07) is 4.69. The van der Waals surface area contributed by atoms with Crippen molar-refractivity contribution in [3.63, 3.8) is 0 Å². The van der Waals surface area contributed by atoms with Gasteiger partial charge in [0, 0.05) is 0 Å². The smallest absolute Gasteiger partial charge is 0.00113 e. The van der Waals surface area contributed by atoms with E-state index in [1.165, 1.54) is 22.3 Å². The zero-order valence-electron chi connectivity index (χ0n) is 10.6. The van der Waals surface area contributed by atoms with Gasteiger partial charge < -0.3 is 5.32 Å². The highest BCUT2D eigenvalue weighted by atomic mass is 14.8. The van der Waals surface area contributed by atoms with Crippen molar-refractivity contribution < 1.29 is 0 Å². The molecular weight excluding hydrogens is 182 g/mol. The molecule has 1 aromatic rings. The largest absolute Gasteiger partial charge is 0.319 e. The average molecular weight is 205 g/mol. The van der Waals surface area contributed by atoms with Crippen LogP contribution in [0.3, 0.4) is 0 Å². The fraction of sp³-hybridized carbons (Fsp3) is 0.571. The Bertz CT molecular complexity index is 326. The lowest BCUT2D eigenvalue weighted by molar-refractivity contribution is 0.782. The molecule has 0 amide bonds. The van der Waals surface area contributed by atoms with E-state index in [0.717, 1.165) is 13.0 Å². The molecule has 0 bridgehead atoms. The SMILES string of the molecule is CNCCc1cc(C(C)C)cc(C)c1C. The summed E-state index contributed by atoms with van der Waals surface area (Å²) in [5.41, 5.74) is 5.83. The van der Waals surface area contributed by atoms with Gasteiger partial charge in [0.15, 0.2) is 0 Å². The van der Waals surface area contributed by atoms with Gasteiger partial charge in [-0.1, -0.05) is 26.0 Å². The Morgan fingerprint density at radius 2 is 1.87 bits per heavy atom. The number of nitrogens with one attached hydrogen (secondary N) is 1. The number of hydrogen-bond donors (Lipinski definition) is 1. The van der Waals surface area contributed by atoms with Gasteiger partial charge in [0.05, 0.1) is 0 Å². The van der Waals surface area contributed by atoms with Crippen LogP contribution in [-0.2, 0) is 6.42 Å². The van der Waals surface area contributed by atoms with E-state index < -0.39 is 0 Å². The van der Waals surface area contributed by atoms with Crippen LogP contribution in [0.1, 0.15) is 42.0 Å². The minimum Gasteiger partial charge on any atom is -0.319 e. The van der Waals surface area contributed by atoms with E-state index >= 15 is 0 Å². The van der Waals surface area contributed by atoms with E-state index in [1.807, 2.05) is 7.05 Å². The first-order valence-corrected chi connectivity index (χ1v) is 5.81. The fourth-order valence-corrected chi connectivity index (χ4v) is 1.82. The first-order valence-electron chi connectivity index (χ1n) is 5.81. The maximum absolute atomic E-state index is 3.21. The molecule has 1 N–H and O–H groups in total. The van der Waals surface area contributed by atoms with Crippen molar-refractivity contribution in [1.82, 2.24) is 5.32 Å². The summed E-state index contributed by atoms with van der Waals surface area (Å²) in [5, 5.41) is 3.21. The zero-order valence-corrected chi connectivity index (χ0v) is 10.6. The van der Waals surface area contributed by atoms with Crippen LogP contribution in [0.15, 0.2) is 12.1 Å². The maximum atomic E-state index is 3.21. The second-order valence-corrected chi connectivity index (χ2v) is 4.63. The van der Waals surface area contributed by atoms with Crippen molar-refractivity contribution in [2.45, 2.75) is 40.0 Å². The van der Waals surface area contributed by atoms with Crippen molar-refractivity contribution in [3.8, 4) is 0 Å². The Morgan fingerprint density at radius 1 is 1.20 bits per heavy atom. The molecule has 0 aromatic heterocycles. The molecule has 1 nitrogen and oxygen atoms in total. The van der Waals surface area contributed by atoms with Crippen molar-refractivity contribution in [2.75, 3.05) is 13.6 Å². The van der Waals surface area contributed by atoms with Gasteiger partial charge >= 0.3 is 0 Å². The molecule has 0 atom stereocenters. The maximum Gasteiger partial charge on any atom is -0.00113 e. The van der Waals surface area contributed by atoms with E-state index in [1.54, 1.807) is 0 Å². The first kappa shape index (κ1) is 12.3. The van der Waals surface area contributed by atoms with Crippen LogP contribution in [0.25, 0.3) is 0 Å². The van der Waals surface area contributed by atoms with Gasteiger partial charge in [-0.15, -0.1) is 0 Å². The Balaban J connectivity index is 3.02. The Labute approximate surface area is 93.9 Å². The molecule has 0 aliphatic carbocycles. The molecular formula is C14H23N. The molecule has 1 heteroatoms. The van der Waals surface area contributed by atoms with Gasteiger partial charge in [-0.3, -0.25) is 0 Å². The van der Waals surface area contributed by atoms with Gasteiger partial charge in [-0.2, -0.15) is 0 Å².